The minimum atomic E-state index is -0.487. The number of likely N-dealkylation sites (N-methyl/N-ethyl adjacent to an activating group) is 1. The summed E-state index contributed by atoms with van der Waals surface area (Å²) < 4.78 is 18.2. The summed E-state index contributed by atoms with van der Waals surface area (Å²) in [5.41, 5.74) is 0.808. The summed E-state index contributed by atoms with van der Waals surface area (Å²) in [6.07, 6.45) is 0. The van der Waals surface area contributed by atoms with Gasteiger partial charge in [0.1, 0.15) is 11.9 Å². The molecule has 0 aliphatic rings. The van der Waals surface area contributed by atoms with E-state index in [4.69, 9.17) is 10.00 Å². The van der Waals surface area contributed by atoms with Crippen LogP contribution in [0, 0.1) is 17.1 Å². The number of halogens is 1. The molecule has 0 saturated carbocycles. The van der Waals surface area contributed by atoms with E-state index in [1.165, 1.54) is 12.1 Å². The molecule has 15 heavy (non-hydrogen) atoms. The topological polar surface area (TPSA) is 36.3 Å². The molecule has 3 nitrogen and oxygen atoms in total. The molecule has 1 aromatic rings. The highest BCUT2D eigenvalue weighted by Crippen LogP contribution is 2.16. The lowest BCUT2D eigenvalue weighted by Crippen LogP contribution is -2.22. The van der Waals surface area contributed by atoms with Gasteiger partial charge in [0, 0.05) is 26.4 Å². The fraction of sp³-hybridized carbons (Fsp3) is 0.364. The van der Waals surface area contributed by atoms with Gasteiger partial charge in [0.2, 0.25) is 0 Å². The van der Waals surface area contributed by atoms with Crippen LogP contribution >= 0.6 is 0 Å². The maximum Gasteiger partial charge on any atom is 0.143 e. The second-order valence-corrected chi connectivity index (χ2v) is 3.19. The van der Waals surface area contributed by atoms with Crippen molar-refractivity contribution in [2.75, 3.05) is 32.2 Å². The van der Waals surface area contributed by atoms with Gasteiger partial charge in [-0.15, -0.1) is 0 Å². The van der Waals surface area contributed by atoms with Crippen LogP contribution in [0.15, 0.2) is 18.2 Å². The van der Waals surface area contributed by atoms with Crippen LogP contribution in [0.2, 0.25) is 0 Å². The van der Waals surface area contributed by atoms with Crippen molar-refractivity contribution in [1.82, 2.24) is 0 Å². The molecule has 1 aromatic carbocycles. The molecular formula is C11H13FN2O. The van der Waals surface area contributed by atoms with Gasteiger partial charge >= 0.3 is 0 Å². The number of benzene rings is 1. The summed E-state index contributed by atoms with van der Waals surface area (Å²) in [4.78, 5) is 1.87. The second-order valence-electron chi connectivity index (χ2n) is 3.19. The van der Waals surface area contributed by atoms with Gasteiger partial charge in [0.05, 0.1) is 12.2 Å². The first kappa shape index (κ1) is 11.5. The van der Waals surface area contributed by atoms with Gasteiger partial charge in [-0.3, -0.25) is 0 Å². The second kappa shape index (κ2) is 5.32. The van der Waals surface area contributed by atoms with Gasteiger partial charge in [-0.1, -0.05) is 0 Å². The maximum absolute atomic E-state index is 13.3. The van der Waals surface area contributed by atoms with Crippen LogP contribution in [-0.2, 0) is 4.74 Å². The Morgan fingerprint density at radius 2 is 2.27 bits per heavy atom. The summed E-state index contributed by atoms with van der Waals surface area (Å²) in [6, 6.07) is 6.34. The van der Waals surface area contributed by atoms with Crippen molar-refractivity contribution in [3.05, 3.63) is 29.6 Å². The molecule has 0 spiro atoms. The molecule has 0 N–H and O–H groups in total. The molecule has 0 bridgehead atoms. The van der Waals surface area contributed by atoms with Crippen LogP contribution in [0.5, 0.6) is 0 Å². The predicted molar refractivity (Wildman–Crippen MR) is 56.3 cm³/mol. The number of ether oxygens (including phenoxy) is 1. The van der Waals surface area contributed by atoms with Crippen LogP contribution in [0.1, 0.15) is 5.56 Å². The normalized spacial score (nSPS) is 9.73. The number of rotatable bonds is 4. The minimum Gasteiger partial charge on any atom is -0.383 e. The lowest BCUT2D eigenvalue weighted by atomic mass is 10.2. The van der Waals surface area contributed by atoms with Gasteiger partial charge in [0.25, 0.3) is 0 Å². The van der Waals surface area contributed by atoms with E-state index in [9.17, 15) is 4.39 Å². The summed E-state index contributed by atoms with van der Waals surface area (Å²) in [7, 11) is 3.47. The molecule has 0 aliphatic heterocycles. The van der Waals surface area contributed by atoms with Crippen molar-refractivity contribution in [2.24, 2.45) is 0 Å². The highest BCUT2D eigenvalue weighted by Gasteiger charge is 2.05. The molecule has 0 aliphatic carbocycles. The SMILES string of the molecule is COCCN(C)c1ccc(C#N)c(F)c1. The van der Waals surface area contributed by atoms with Crippen molar-refractivity contribution in [3.8, 4) is 6.07 Å². The first-order valence-corrected chi connectivity index (χ1v) is 4.58. The van der Waals surface area contributed by atoms with Crippen LogP contribution < -0.4 is 4.90 Å². The third-order valence-electron chi connectivity index (χ3n) is 2.14. The van der Waals surface area contributed by atoms with E-state index < -0.39 is 5.82 Å². The van der Waals surface area contributed by atoms with Crippen LogP contribution in [0.4, 0.5) is 10.1 Å². The zero-order chi connectivity index (χ0) is 11.3. The number of methoxy groups -OCH3 is 1. The molecular weight excluding hydrogens is 195 g/mol. The average molecular weight is 208 g/mol. The van der Waals surface area contributed by atoms with E-state index in [1.807, 2.05) is 11.9 Å². The Labute approximate surface area is 88.7 Å². The van der Waals surface area contributed by atoms with Crippen molar-refractivity contribution in [1.29, 1.82) is 5.26 Å². The number of hydrogen-bond acceptors (Lipinski definition) is 3. The lowest BCUT2D eigenvalue weighted by Gasteiger charge is -2.18. The van der Waals surface area contributed by atoms with E-state index in [2.05, 4.69) is 0 Å². The Balaban J connectivity index is 2.79. The third kappa shape index (κ3) is 2.93. The van der Waals surface area contributed by atoms with Crippen molar-refractivity contribution >= 4 is 5.69 Å². The van der Waals surface area contributed by atoms with Crippen LogP contribution in [0.25, 0.3) is 0 Å². The lowest BCUT2D eigenvalue weighted by molar-refractivity contribution is 0.206. The minimum absolute atomic E-state index is 0.0684. The Morgan fingerprint density at radius 1 is 1.53 bits per heavy atom. The first-order valence-electron chi connectivity index (χ1n) is 4.58. The molecule has 0 atom stereocenters. The largest absolute Gasteiger partial charge is 0.383 e. The van der Waals surface area contributed by atoms with E-state index in [0.29, 0.717) is 13.2 Å². The highest BCUT2D eigenvalue weighted by molar-refractivity contribution is 5.49. The quantitative estimate of drug-likeness (QED) is 0.756. The molecule has 0 amide bonds. The highest BCUT2D eigenvalue weighted by atomic mass is 19.1. The van der Waals surface area contributed by atoms with Gasteiger partial charge in [-0.25, -0.2) is 4.39 Å². The average Bonchev–Trinajstić information content (AvgIpc) is 2.25. The number of nitriles is 1. The molecule has 4 heteroatoms. The van der Waals surface area contributed by atoms with Gasteiger partial charge in [0.15, 0.2) is 0 Å². The van der Waals surface area contributed by atoms with Gasteiger partial charge in [-0.05, 0) is 18.2 Å². The monoisotopic (exact) mass is 208 g/mol. The standard InChI is InChI=1S/C11H13FN2O/c1-14(5-6-15-2)10-4-3-9(8-13)11(12)7-10/h3-4,7H,5-6H2,1-2H3. The van der Waals surface area contributed by atoms with E-state index in [-0.39, 0.29) is 5.56 Å². The molecule has 0 fully saturated rings. The van der Waals surface area contributed by atoms with E-state index in [1.54, 1.807) is 19.2 Å². The summed E-state index contributed by atoms with van der Waals surface area (Å²) in [5, 5.41) is 8.57. The molecule has 0 saturated heterocycles. The molecule has 0 radical (unpaired) electrons. The number of hydrogen-bond donors (Lipinski definition) is 0. The van der Waals surface area contributed by atoms with Crippen molar-refractivity contribution < 1.29 is 9.13 Å². The molecule has 0 heterocycles. The zero-order valence-electron chi connectivity index (χ0n) is 8.83. The van der Waals surface area contributed by atoms with Crippen molar-refractivity contribution in [2.45, 2.75) is 0 Å². The predicted octanol–water partition coefficient (Wildman–Crippen LogP) is 1.78. The fourth-order valence-electron chi connectivity index (χ4n) is 1.19. The van der Waals surface area contributed by atoms with E-state index >= 15 is 0 Å². The summed E-state index contributed by atoms with van der Waals surface area (Å²) in [5.74, 6) is -0.487. The van der Waals surface area contributed by atoms with Crippen LogP contribution in [0.3, 0.4) is 0 Å². The summed E-state index contributed by atoms with van der Waals surface area (Å²) in [6.45, 7) is 1.26. The van der Waals surface area contributed by atoms with E-state index in [0.717, 1.165) is 5.69 Å². The molecule has 1 rings (SSSR count). The maximum atomic E-state index is 13.3. The zero-order valence-corrected chi connectivity index (χ0v) is 8.83. The first-order chi connectivity index (χ1) is 7.19. The smallest absolute Gasteiger partial charge is 0.143 e. The van der Waals surface area contributed by atoms with Gasteiger partial charge < -0.3 is 9.64 Å². The Kier molecular flexibility index (Phi) is 4.07. The van der Waals surface area contributed by atoms with Gasteiger partial charge in [-0.2, -0.15) is 5.26 Å². The molecule has 80 valence electrons. The molecule has 0 unspecified atom stereocenters. The Morgan fingerprint density at radius 3 is 2.80 bits per heavy atom. The number of nitrogens with zero attached hydrogens (tertiary/aromatic N) is 2. The fourth-order valence-corrected chi connectivity index (χ4v) is 1.19. The summed E-state index contributed by atoms with van der Waals surface area (Å²) >= 11 is 0. The Hall–Kier alpha value is -1.60. The molecule has 0 aromatic heterocycles. The van der Waals surface area contributed by atoms with Crippen molar-refractivity contribution in [3.63, 3.8) is 0 Å². The third-order valence-corrected chi connectivity index (χ3v) is 2.14. The van der Waals surface area contributed by atoms with Crippen LogP contribution in [-0.4, -0.2) is 27.3 Å². The Bertz CT molecular complexity index is 373. The number of anilines is 1.